The van der Waals surface area contributed by atoms with E-state index in [1.54, 1.807) is 0 Å². The highest BCUT2D eigenvalue weighted by atomic mass is 19.3. The molecular weight excluding hydrogens is 255 g/mol. The second-order valence-electron chi connectivity index (χ2n) is 5.97. The summed E-state index contributed by atoms with van der Waals surface area (Å²) in [5, 5.41) is 3.32. The number of fused-ring (bicyclic) bond motifs is 1. The van der Waals surface area contributed by atoms with Gasteiger partial charge in [-0.2, -0.15) is 0 Å². The van der Waals surface area contributed by atoms with Crippen LogP contribution >= 0.6 is 0 Å². The Hall–Kier alpha value is -1.32. The molecule has 0 saturated heterocycles. The molecule has 1 unspecified atom stereocenters. The Balaban J connectivity index is 1.89. The van der Waals surface area contributed by atoms with Gasteiger partial charge in [0, 0.05) is 18.1 Å². The van der Waals surface area contributed by atoms with Crippen LogP contribution in [0.5, 0.6) is 0 Å². The van der Waals surface area contributed by atoms with Crippen molar-refractivity contribution in [2.45, 2.75) is 51.3 Å². The third kappa shape index (κ3) is 4.09. The first-order chi connectivity index (χ1) is 9.35. The average Bonchev–Trinajstić information content (AvgIpc) is 2.36. The lowest BCUT2D eigenvalue weighted by molar-refractivity contribution is 0.0129. The van der Waals surface area contributed by atoms with Crippen LogP contribution in [0.1, 0.15) is 36.5 Å². The minimum atomic E-state index is -2.61. The monoisotopic (exact) mass is 277 g/mol. The van der Waals surface area contributed by atoms with Crippen LogP contribution in [0.4, 0.5) is 8.78 Å². The zero-order valence-corrected chi connectivity index (χ0v) is 12.3. The van der Waals surface area contributed by atoms with Gasteiger partial charge in [0.05, 0.1) is 0 Å². The maximum atomic E-state index is 12.8. The summed E-state index contributed by atoms with van der Waals surface area (Å²) >= 11 is 0. The topological polar surface area (TPSA) is 12.0 Å². The second-order valence-corrected chi connectivity index (χ2v) is 5.97. The molecule has 1 atom stereocenters. The van der Waals surface area contributed by atoms with Crippen molar-refractivity contribution in [3.8, 4) is 0 Å². The van der Waals surface area contributed by atoms with Gasteiger partial charge in [-0.15, -0.1) is 0 Å². The molecule has 0 aliphatic carbocycles. The van der Waals surface area contributed by atoms with Gasteiger partial charge in [-0.3, -0.25) is 0 Å². The van der Waals surface area contributed by atoms with Crippen molar-refractivity contribution < 1.29 is 8.78 Å². The third-order valence-electron chi connectivity index (χ3n) is 3.99. The smallest absolute Gasteiger partial charge is 0.245 e. The standard InChI is InChI=1S/C16H22BF2N/c1-11-5-4-6-13-9-15(17-10-14(11)13)20-12(2)7-8-16(3,18)19/h4-6,15,17,20H,2,7-10H2,1,3H3. The molecule has 1 N–H and O–H groups in total. The first kappa shape index (κ1) is 15.1. The molecule has 4 heteroatoms. The summed E-state index contributed by atoms with van der Waals surface area (Å²) in [4.78, 5) is 0. The normalized spacial score (nSPS) is 18.1. The molecule has 1 aliphatic heterocycles. The van der Waals surface area contributed by atoms with Crippen LogP contribution in [0.25, 0.3) is 0 Å². The lowest BCUT2D eigenvalue weighted by atomic mass is 9.57. The molecule has 1 aliphatic rings. The molecular formula is C16H22BF2N. The SMILES string of the molecule is C=C(CCC(C)(F)F)NC1BCc2c(C)cccc2C1. The number of rotatable bonds is 5. The van der Waals surface area contributed by atoms with E-state index in [9.17, 15) is 8.78 Å². The number of aryl methyl sites for hydroxylation is 1. The molecule has 0 bridgehead atoms. The Bertz CT molecular complexity index is 494. The first-order valence-electron chi connectivity index (χ1n) is 7.24. The van der Waals surface area contributed by atoms with Crippen LogP contribution in [0.15, 0.2) is 30.5 Å². The van der Waals surface area contributed by atoms with Crippen LogP contribution in [0.3, 0.4) is 0 Å². The fourth-order valence-corrected chi connectivity index (χ4v) is 2.85. The summed E-state index contributed by atoms with van der Waals surface area (Å²) in [6.45, 7) is 6.99. The Morgan fingerprint density at radius 1 is 1.50 bits per heavy atom. The minimum absolute atomic E-state index is 0.138. The summed E-state index contributed by atoms with van der Waals surface area (Å²) in [6.07, 6.45) is 2.21. The van der Waals surface area contributed by atoms with E-state index in [1.807, 2.05) is 0 Å². The number of halogens is 2. The van der Waals surface area contributed by atoms with E-state index in [0.29, 0.717) is 12.4 Å². The van der Waals surface area contributed by atoms with Crippen LogP contribution in [-0.2, 0) is 12.7 Å². The van der Waals surface area contributed by atoms with E-state index >= 15 is 0 Å². The van der Waals surface area contributed by atoms with Gasteiger partial charge < -0.3 is 5.32 Å². The molecule has 0 aromatic heterocycles. The molecule has 0 spiro atoms. The number of benzene rings is 1. The lowest BCUT2D eigenvalue weighted by Crippen LogP contribution is -2.40. The zero-order chi connectivity index (χ0) is 14.8. The quantitative estimate of drug-likeness (QED) is 0.814. The van der Waals surface area contributed by atoms with Crippen molar-refractivity contribution in [2.75, 3.05) is 0 Å². The molecule has 0 saturated carbocycles. The minimum Gasteiger partial charge on any atom is -0.393 e. The number of hydrogen-bond donors (Lipinski definition) is 1. The van der Waals surface area contributed by atoms with Gasteiger partial charge in [-0.25, -0.2) is 8.78 Å². The van der Waals surface area contributed by atoms with E-state index in [1.165, 1.54) is 16.7 Å². The average molecular weight is 277 g/mol. The fraction of sp³-hybridized carbons (Fsp3) is 0.500. The summed E-state index contributed by atoms with van der Waals surface area (Å²) in [7, 11) is 1.04. The van der Waals surface area contributed by atoms with Crippen molar-refractivity contribution in [3.05, 3.63) is 47.2 Å². The molecule has 0 amide bonds. The summed E-state index contributed by atoms with van der Waals surface area (Å²) in [6, 6.07) is 6.40. The number of nitrogens with one attached hydrogen (secondary N) is 1. The summed E-state index contributed by atoms with van der Waals surface area (Å²) in [5.41, 5.74) is 4.91. The summed E-state index contributed by atoms with van der Waals surface area (Å²) in [5.74, 6) is -2.29. The third-order valence-corrected chi connectivity index (χ3v) is 3.99. The maximum Gasteiger partial charge on any atom is 0.245 e. The van der Waals surface area contributed by atoms with Crippen LogP contribution in [-0.4, -0.2) is 19.1 Å². The highest BCUT2D eigenvalue weighted by molar-refractivity contribution is 6.38. The molecule has 1 nitrogen and oxygen atoms in total. The van der Waals surface area contributed by atoms with Crippen molar-refractivity contribution >= 4 is 7.28 Å². The van der Waals surface area contributed by atoms with E-state index in [0.717, 1.165) is 32.6 Å². The number of alkyl halides is 2. The van der Waals surface area contributed by atoms with Crippen LogP contribution < -0.4 is 5.32 Å². The van der Waals surface area contributed by atoms with E-state index in [-0.39, 0.29) is 6.42 Å². The second kappa shape index (κ2) is 5.98. The van der Waals surface area contributed by atoms with Gasteiger partial charge >= 0.3 is 0 Å². The van der Waals surface area contributed by atoms with Crippen LogP contribution in [0, 0.1) is 6.92 Å². The Morgan fingerprint density at radius 2 is 2.25 bits per heavy atom. The molecule has 1 aromatic carbocycles. The van der Waals surface area contributed by atoms with Gasteiger partial charge in [-0.1, -0.05) is 24.8 Å². The molecule has 2 rings (SSSR count). The van der Waals surface area contributed by atoms with Crippen LogP contribution in [0.2, 0.25) is 0 Å². The molecule has 0 fully saturated rings. The highest BCUT2D eigenvalue weighted by Gasteiger charge is 2.23. The van der Waals surface area contributed by atoms with E-state index < -0.39 is 5.92 Å². The first-order valence-corrected chi connectivity index (χ1v) is 7.24. The van der Waals surface area contributed by atoms with Gasteiger partial charge in [0.25, 0.3) is 0 Å². The van der Waals surface area contributed by atoms with E-state index in [4.69, 9.17) is 0 Å². The zero-order valence-electron chi connectivity index (χ0n) is 12.3. The maximum absolute atomic E-state index is 12.8. The van der Waals surface area contributed by atoms with Gasteiger partial charge in [0.2, 0.25) is 5.92 Å². The highest BCUT2D eigenvalue weighted by Crippen LogP contribution is 2.23. The van der Waals surface area contributed by atoms with E-state index in [2.05, 4.69) is 37.0 Å². The molecule has 108 valence electrons. The fourth-order valence-electron chi connectivity index (χ4n) is 2.85. The van der Waals surface area contributed by atoms with Crippen molar-refractivity contribution in [1.29, 1.82) is 0 Å². The molecule has 1 aromatic rings. The van der Waals surface area contributed by atoms with Gasteiger partial charge in [-0.05, 0) is 49.7 Å². The van der Waals surface area contributed by atoms with Crippen molar-refractivity contribution in [3.63, 3.8) is 0 Å². The Kier molecular flexibility index (Phi) is 4.51. The summed E-state index contributed by atoms with van der Waals surface area (Å²) < 4.78 is 25.7. The Morgan fingerprint density at radius 3 is 2.95 bits per heavy atom. The van der Waals surface area contributed by atoms with Gasteiger partial charge in [0.15, 0.2) is 7.28 Å². The van der Waals surface area contributed by atoms with Crippen molar-refractivity contribution in [2.24, 2.45) is 0 Å². The number of hydrogen-bond acceptors (Lipinski definition) is 1. The molecule has 0 radical (unpaired) electrons. The van der Waals surface area contributed by atoms with Crippen molar-refractivity contribution in [1.82, 2.24) is 5.32 Å². The largest absolute Gasteiger partial charge is 0.393 e. The lowest BCUT2D eigenvalue weighted by Gasteiger charge is -2.27. The number of allylic oxidation sites excluding steroid dienone is 1. The predicted octanol–water partition coefficient (Wildman–Crippen LogP) is 3.35. The van der Waals surface area contributed by atoms with Gasteiger partial charge in [0.1, 0.15) is 0 Å². The molecule has 1 heterocycles. The Labute approximate surface area is 120 Å². The molecule has 20 heavy (non-hydrogen) atoms. The predicted molar refractivity (Wildman–Crippen MR) is 81.7 cm³/mol.